The number of aromatic carboxylic acids is 1. The van der Waals surface area contributed by atoms with Crippen molar-refractivity contribution in [2.75, 3.05) is 26.7 Å². The standard InChI is InChI=1S/C15H21FN2O2/c1-3-13-10-18(7-6-17(13)2)9-12-8-11(15(19)20)4-5-14(12)16/h4-5,8,13H,3,6-7,9-10H2,1-2H3,(H,19,20). The van der Waals surface area contributed by atoms with Gasteiger partial charge in [0.1, 0.15) is 5.82 Å². The van der Waals surface area contributed by atoms with Gasteiger partial charge in [0, 0.05) is 37.8 Å². The Labute approximate surface area is 118 Å². The minimum absolute atomic E-state index is 0.141. The minimum Gasteiger partial charge on any atom is -0.478 e. The zero-order valence-corrected chi connectivity index (χ0v) is 12.0. The molecular formula is C15H21FN2O2. The van der Waals surface area contributed by atoms with Crippen molar-refractivity contribution in [1.82, 2.24) is 9.80 Å². The van der Waals surface area contributed by atoms with Crippen LogP contribution in [0.5, 0.6) is 0 Å². The van der Waals surface area contributed by atoms with Crippen LogP contribution in [0.25, 0.3) is 0 Å². The molecule has 1 aliphatic rings. The van der Waals surface area contributed by atoms with Gasteiger partial charge in [-0.1, -0.05) is 6.92 Å². The molecule has 0 bridgehead atoms. The van der Waals surface area contributed by atoms with Gasteiger partial charge in [-0.3, -0.25) is 4.90 Å². The number of piperazine rings is 1. The first-order valence-corrected chi connectivity index (χ1v) is 6.95. The Hall–Kier alpha value is -1.46. The molecule has 1 aromatic carbocycles. The maximum atomic E-state index is 13.8. The third-order valence-electron chi connectivity index (χ3n) is 4.02. The molecule has 0 spiro atoms. The first kappa shape index (κ1) is 14.9. The van der Waals surface area contributed by atoms with Gasteiger partial charge in [-0.15, -0.1) is 0 Å². The fraction of sp³-hybridized carbons (Fsp3) is 0.533. The van der Waals surface area contributed by atoms with Crippen LogP contribution in [-0.2, 0) is 6.54 Å². The molecule has 20 heavy (non-hydrogen) atoms. The number of carboxylic acids is 1. The number of carboxylic acid groups (broad SMARTS) is 1. The molecule has 0 saturated carbocycles. The van der Waals surface area contributed by atoms with Crippen molar-refractivity contribution >= 4 is 5.97 Å². The highest BCUT2D eigenvalue weighted by Crippen LogP contribution is 2.17. The molecule has 0 radical (unpaired) electrons. The number of halogens is 1. The second-order valence-corrected chi connectivity index (χ2v) is 5.39. The molecule has 4 nitrogen and oxygen atoms in total. The topological polar surface area (TPSA) is 43.8 Å². The van der Waals surface area contributed by atoms with Crippen molar-refractivity contribution in [1.29, 1.82) is 0 Å². The van der Waals surface area contributed by atoms with E-state index in [0.29, 0.717) is 18.2 Å². The van der Waals surface area contributed by atoms with E-state index in [1.54, 1.807) is 0 Å². The summed E-state index contributed by atoms with van der Waals surface area (Å²) in [4.78, 5) is 15.5. The van der Waals surface area contributed by atoms with Gasteiger partial charge >= 0.3 is 5.97 Å². The summed E-state index contributed by atoms with van der Waals surface area (Å²) in [6.07, 6.45) is 1.06. The van der Waals surface area contributed by atoms with Crippen LogP contribution in [0.4, 0.5) is 4.39 Å². The Kier molecular flexibility index (Phi) is 4.73. The molecule has 1 saturated heterocycles. The molecule has 0 aromatic heterocycles. The van der Waals surface area contributed by atoms with Crippen LogP contribution in [0.1, 0.15) is 29.3 Å². The summed E-state index contributed by atoms with van der Waals surface area (Å²) in [5, 5.41) is 8.98. The van der Waals surface area contributed by atoms with E-state index in [-0.39, 0.29) is 11.4 Å². The third kappa shape index (κ3) is 3.35. The van der Waals surface area contributed by atoms with Crippen LogP contribution in [-0.4, -0.2) is 53.6 Å². The summed E-state index contributed by atoms with van der Waals surface area (Å²) < 4.78 is 13.8. The number of likely N-dealkylation sites (N-methyl/N-ethyl adjacent to an activating group) is 1. The molecule has 0 amide bonds. The Morgan fingerprint density at radius 1 is 1.45 bits per heavy atom. The van der Waals surface area contributed by atoms with Gasteiger partial charge in [0.25, 0.3) is 0 Å². The van der Waals surface area contributed by atoms with Crippen molar-refractivity contribution in [3.05, 3.63) is 35.1 Å². The van der Waals surface area contributed by atoms with Crippen molar-refractivity contribution in [3.8, 4) is 0 Å². The first-order valence-electron chi connectivity index (χ1n) is 6.95. The van der Waals surface area contributed by atoms with Crippen molar-refractivity contribution in [2.45, 2.75) is 25.9 Å². The van der Waals surface area contributed by atoms with E-state index in [0.717, 1.165) is 26.1 Å². The number of benzene rings is 1. The second kappa shape index (κ2) is 6.33. The molecule has 1 fully saturated rings. The van der Waals surface area contributed by atoms with Gasteiger partial charge < -0.3 is 10.0 Å². The largest absolute Gasteiger partial charge is 0.478 e. The fourth-order valence-electron chi connectivity index (χ4n) is 2.66. The molecule has 1 heterocycles. The van der Waals surface area contributed by atoms with Gasteiger partial charge in [0.05, 0.1) is 5.56 Å². The van der Waals surface area contributed by atoms with Crippen LogP contribution in [0.2, 0.25) is 0 Å². The highest BCUT2D eigenvalue weighted by Gasteiger charge is 2.23. The Morgan fingerprint density at radius 3 is 2.85 bits per heavy atom. The lowest BCUT2D eigenvalue weighted by Gasteiger charge is -2.39. The van der Waals surface area contributed by atoms with Crippen molar-refractivity contribution < 1.29 is 14.3 Å². The molecule has 1 aromatic rings. The lowest BCUT2D eigenvalue weighted by atomic mass is 10.1. The van der Waals surface area contributed by atoms with Crippen LogP contribution in [0, 0.1) is 5.82 Å². The van der Waals surface area contributed by atoms with Gasteiger partial charge in [0.2, 0.25) is 0 Å². The minimum atomic E-state index is -1.02. The average Bonchev–Trinajstić information content (AvgIpc) is 2.43. The predicted octanol–water partition coefficient (Wildman–Crippen LogP) is 2.05. The summed E-state index contributed by atoms with van der Waals surface area (Å²) in [7, 11) is 2.11. The number of nitrogens with zero attached hydrogens (tertiary/aromatic N) is 2. The number of hydrogen-bond acceptors (Lipinski definition) is 3. The Bertz CT molecular complexity index is 493. The first-order chi connectivity index (χ1) is 9.51. The smallest absolute Gasteiger partial charge is 0.335 e. The van der Waals surface area contributed by atoms with E-state index >= 15 is 0 Å². The highest BCUT2D eigenvalue weighted by atomic mass is 19.1. The zero-order valence-electron chi connectivity index (χ0n) is 12.0. The maximum Gasteiger partial charge on any atom is 0.335 e. The molecule has 0 aliphatic carbocycles. The molecule has 110 valence electrons. The summed E-state index contributed by atoms with van der Waals surface area (Å²) >= 11 is 0. The lowest BCUT2D eigenvalue weighted by molar-refractivity contribution is 0.0696. The van der Waals surface area contributed by atoms with Gasteiger partial charge in [-0.05, 0) is 31.7 Å². The van der Waals surface area contributed by atoms with Crippen LogP contribution in [0.3, 0.4) is 0 Å². The van der Waals surface area contributed by atoms with E-state index in [1.807, 2.05) is 0 Å². The van der Waals surface area contributed by atoms with E-state index in [4.69, 9.17) is 5.11 Å². The number of rotatable bonds is 4. The molecular weight excluding hydrogens is 259 g/mol. The average molecular weight is 280 g/mol. The fourth-order valence-corrected chi connectivity index (χ4v) is 2.66. The molecule has 1 N–H and O–H groups in total. The maximum absolute atomic E-state index is 13.8. The van der Waals surface area contributed by atoms with Crippen LogP contribution >= 0.6 is 0 Å². The summed E-state index contributed by atoms with van der Waals surface area (Å²) in [6, 6.07) is 4.47. The summed E-state index contributed by atoms with van der Waals surface area (Å²) in [5.41, 5.74) is 0.604. The van der Waals surface area contributed by atoms with Gasteiger partial charge in [-0.2, -0.15) is 0 Å². The highest BCUT2D eigenvalue weighted by molar-refractivity contribution is 5.87. The normalized spacial score (nSPS) is 21.1. The lowest BCUT2D eigenvalue weighted by Crippen LogP contribution is -2.50. The quantitative estimate of drug-likeness (QED) is 0.916. The van der Waals surface area contributed by atoms with Crippen LogP contribution < -0.4 is 0 Å². The monoisotopic (exact) mass is 280 g/mol. The second-order valence-electron chi connectivity index (χ2n) is 5.39. The van der Waals surface area contributed by atoms with E-state index in [9.17, 15) is 9.18 Å². The number of hydrogen-bond donors (Lipinski definition) is 1. The van der Waals surface area contributed by atoms with Gasteiger partial charge in [-0.25, -0.2) is 9.18 Å². The van der Waals surface area contributed by atoms with E-state index in [2.05, 4.69) is 23.8 Å². The summed E-state index contributed by atoms with van der Waals surface area (Å²) in [5.74, 6) is -1.35. The molecule has 1 aliphatic heterocycles. The van der Waals surface area contributed by atoms with E-state index < -0.39 is 5.97 Å². The summed E-state index contributed by atoms with van der Waals surface area (Å²) in [6.45, 7) is 5.35. The predicted molar refractivity (Wildman–Crippen MR) is 75.3 cm³/mol. The van der Waals surface area contributed by atoms with Crippen molar-refractivity contribution in [2.24, 2.45) is 0 Å². The van der Waals surface area contributed by atoms with Crippen molar-refractivity contribution in [3.63, 3.8) is 0 Å². The van der Waals surface area contributed by atoms with Gasteiger partial charge in [0.15, 0.2) is 0 Å². The zero-order chi connectivity index (χ0) is 14.7. The Morgan fingerprint density at radius 2 is 2.20 bits per heavy atom. The SMILES string of the molecule is CCC1CN(Cc2cc(C(=O)O)ccc2F)CCN1C. The molecule has 2 rings (SSSR count). The third-order valence-corrected chi connectivity index (χ3v) is 4.02. The van der Waals surface area contributed by atoms with Crippen LogP contribution in [0.15, 0.2) is 18.2 Å². The molecule has 1 unspecified atom stereocenters. The van der Waals surface area contributed by atoms with E-state index in [1.165, 1.54) is 18.2 Å². The number of carbonyl (C=O) groups is 1. The molecule has 5 heteroatoms. The Balaban J connectivity index is 2.10. The molecule has 1 atom stereocenters.